The van der Waals surface area contributed by atoms with Gasteiger partial charge >= 0.3 is 0 Å². The molecule has 124 valence electrons. The van der Waals surface area contributed by atoms with E-state index >= 15 is 0 Å². The minimum Gasteiger partial charge on any atom is -0.457 e. The van der Waals surface area contributed by atoms with Crippen LogP contribution in [0.15, 0.2) is 48.5 Å². The third-order valence-corrected chi connectivity index (χ3v) is 3.76. The maximum atomic E-state index is 13.0. The normalized spacial score (nSPS) is 17.0. The number of benzene rings is 2. The van der Waals surface area contributed by atoms with Gasteiger partial charge in [-0.05, 0) is 42.8 Å². The molecular formula is C18H17FN2O3. The standard InChI is InChI=1S/C18H17FN2O3/c19-12-5-7-14(8-6-12)24-16-4-2-1-3-15(16)18(23)21-13-9-10-20-17(22)11-13/h1-8,13H,9-11H2,(H,20,22)(H,21,23). The molecule has 0 aliphatic carbocycles. The molecule has 1 unspecified atom stereocenters. The van der Waals surface area contributed by atoms with Crippen molar-refractivity contribution in [2.24, 2.45) is 0 Å². The number of hydrogen-bond donors (Lipinski definition) is 2. The highest BCUT2D eigenvalue weighted by Crippen LogP contribution is 2.25. The predicted octanol–water partition coefficient (Wildman–Crippen LogP) is 2.63. The zero-order chi connectivity index (χ0) is 16.9. The maximum Gasteiger partial charge on any atom is 0.255 e. The monoisotopic (exact) mass is 328 g/mol. The third-order valence-electron chi connectivity index (χ3n) is 3.76. The second-order valence-electron chi connectivity index (χ2n) is 5.57. The summed E-state index contributed by atoms with van der Waals surface area (Å²) in [5.41, 5.74) is 0.368. The summed E-state index contributed by atoms with van der Waals surface area (Å²) in [5.74, 6) is 0.0920. The van der Waals surface area contributed by atoms with Crippen LogP contribution in [0.2, 0.25) is 0 Å². The molecule has 0 saturated carbocycles. The van der Waals surface area contributed by atoms with E-state index in [0.717, 1.165) is 0 Å². The molecule has 1 saturated heterocycles. The highest BCUT2D eigenvalue weighted by atomic mass is 19.1. The van der Waals surface area contributed by atoms with Gasteiger partial charge in [-0.25, -0.2) is 4.39 Å². The molecule has 1 aliphatic rings. The van der Waals surface area contributed by atoms with Crippen molar-refractivity contribution in [2.45, 2.75) is 18.9 Å². The molecule has 0 aromatic heterocycles. The van der Waals surface area contributed by atoms with E-state index in [9.17, 15) is 14.0 Å². The molecule has 1 fully saturated rings. The minimum atomic E-state index is -0.357. The van der Waals surface area contributed by atoms with E-state index in [2.05, 4.69) is 10.6 Å². The Bertz CT molecular complexity index is 746. The molecule has 0 radical (unpaired) electrons. The van der Waals surface area contributed by atoms with Gasteiger partial charge in [0.15, 0.2) is 0 Å². The van der Waals surface area contributed by atoms with E-state index in [0.29, 0.717) is 30.0 Å². The number of ether oxygens (including phenoxy) is 1. The molecule has 1 heterocycles. The number of piperidine rings is 1. The van der Waals surface area contributed by atoms with Gasteiger partial charge in [0.25, 0.3) is 5.91 Å². The van der Waals surface area contributed by atoms with Gasteiger partial charge in [-0.2, -0.15) is 0 Å². The van der Waals surface area contributed by atoms with E-state index in [1.807, 2.05) is 0 Å². The molecule has 2 aromatic rings. The number of rotatable bonds is 4. The Morgan fingerprint density at radius 2 is 1.92 bits per heavy atom. The average Bonchev–Trinajstić information content (AvgIpc) is 2.57. The predicted molar refractivity (Wildman–Crippen MR) is 86.4 cm³/mol. The van der Waals surface area contributed by atoms with E-state index < -0.39 is 0 Å². The van der Waals surface area contributed by atoms with Gasteiger partial charge in [-0.1, -0.05) is 12.1 Å². The van der Waals surface area contributed by atoms with E-state index in [1.54, 1.807) is 24.3 Å². The first-order valence-corrected chi connectivity index (χ1v) is 7.72. The Kier molecular flexibility index (Phi) is 4.74. The van der Waals surface area contributed by atoms with Crippen LogP contribution in [0.1, 0.15) is 23.2 Å². The molecule has 5 nitrogen and oxygen atoms in total. The van der Waals surface area contributed by atoms with Crippen LogP contribution in [-0.4, -0.2) is 24.4 Å². The number of halogens is 1. The molecule has 2 aromatic carbocycles. The Labute approximate surface area is 138 Å². The van der Waals surface area contributed by atoms with Crippen LogP contribution in [0.4, 0.5) is 4.39 Å². The Morgan fingerprint density at radius 3 is 2.67 bits per heavy atom. The summed E-state index contributed by atoms with van der Waals surface area (Å²) in [5, 5.41) is 5.59. The molecule has 1 atom stereocenters. The zero-order valence-electron chi connectivity index (χ0n) is 12.9. The fourth-order valence-electron chi connectivity index (χ4n) is 2.54. The van der Waals surface area contributed by atoms with Gasteiger partial charge < -0.3 is 15.4 Å². The van der Waals surface area contributed by atoms with E-state index in [4.69, 9.17) is 4.74 Å². The first kappa shape index (κ1) is 16.0. The summed E-state index contributed by atoms with van der Waals surface area (Å²) < 4.78 is 18.7. The van der Waals surface area contributed by atoms with Gasteiger partial charge in [-0.15, -0.1) is 0 Å². The van der Waals surface area contributed by atoms with Crippen molar-refractivity contribution >= 4 is 11.8 Å². The number of carbonyl (C=O) groups is 2. The van der Waals surface area contributed by atoms with Crippen molar-refractivity contribution in [1.29, 1.82) is 0 Å². The summed E-state index contributed by atoms with van der Waals surface area (Å²) in [6.07, 6.45) is 0.963. The topological polar surface area (TPSA) is 67.4 Å². The number of carbonyl (C=O) groups excluding carboxylic acids is 2. The van der Waals surface area contributed by atoms with Crippen LogP contribution in [0.3, 0.4) is 0 Å². The second-order valence-corrected chi connectivity index (χ2v) is 5.57. The van der Waals surface area contributed by atoms with E-state index in [-0.39, 0.29) is 30.1 Å². The van der Waals surface area contributed by atoms with Crippen LogP contribution in [0, 0.1) is 5.82 Å². The van der Waals surface area contributed by atoms with E-state index in [1.165, 1.54) is 24.3 Å². The molecule has 2 amide bonds. The lowest BCUT2D eigenvalue weighted by atomic mass is 10.1. The van der Waals surface area contributed by atoms with Crippen molar-refractivity contribution in [3.05, 3.63) is 59.9 Å². The van der Waals surface area contributed by atoms with Gasteiger partial charge in [0.1, 0.15) is 17.3 Å². The lowest BCUT2D eigenvalue weighted by Crippen LogP contribution is -2.45. The van der Waals surface area contributed by atoms with Crippen LogP contribution in [-0.2, 0) is 4.79 Å². The van der Waals surface area contributed by atoms with Crippen molar-refractivity contribution in [3.63, 3.8) is 0 Å². The Hall–Kier alpha value is -2.89. The summed E-state index contributed by atoms with van der Waals surface area (Å²) in [4.78, 5) is 23.9. The number of nitrogens with one attached hydrogen (secondary N) is 2. The smallest absolute Gasteiger partial charge is 0.255 e. The fraction of sp³-hybridized carbons (Fsp3) is 0.222. The van der Waals surface area contributed by atoms with Crippen molar-refractivity contribution < 1.29 is 18.7 Å². The third kappa shape index (κ3) is 3.90. The van der Waals surface area contributed by atoms with Crippen LogP contribution in [0.25, 0.3) is 0 Å². The van der Waals surface area contributed by atoms with Crippen molar-refractivity contribution in [2.75, 3.05) is 6.54 Å². The maximum absolute atomic E-state index is 13.0. The lowest BCUT2D eigenvalue weighted by molar-refractivity contribution is -0.122. The first-order valence-electron chi connectivity index (χ1n) is 7.72. The molecule has 6 heteroatoms. The van der Waals surface area contributed by atoms with Crippen LogP contribution < -0.4 is 15.4 Å². The zero-order valence-corrected chi connectivity index (χ0v) is 12.9. The molecule has 0 bridgehead atoms. The number of hydrogen-bond acceptors (Lipinski definition) is 3. The van der Waals surface area contributed by atoms with Gasteiger partial charge in [0, 0.05) is 19.0 Å². The summed E-state index contributed by atoms with van der Waals surface area (Å²) >= 11 is 0. The highest BCUT2D eigenvalue weighted by molar-refractivity contribution is 5.97. The molecule has 1 aliphatic heterocycles. The number of para-hydroxylation sites is 1. The molecular weight excluding hydrogens is 311 g/mol. The lowest BCUT2D eigenvalue weighted by Gasteiger charge is -2.23. The van der Waals surface area contributed by atoms with Crippen molar-refractivity contribution in [1.82, 2.24) is 10.6 Å². The SMILES string of the molecule is O=C1CC(NC(=O)c2ccccc2Oc2ccc(F)cc2)CCN1. The molecule has 2 N–H and O–H groups in total. The Morgan fingerprint density at radius 1 is 1.17 bits per heavy atom. The minimum absolute atomic E-state index is 0.0672. The van der Waals surface area contributed by atoms with Gasteiger partial charge in [0.2, 0.25) is 5.91 Å². The Balaban J connectivity index is 1.74. The fourth-order valence-corrected chi connectivity index (χ4v) is 2.54. The number of amides is 2. The highest BCUT2D eigenvalue weighted by Gasteiger charge is 2.22. The quantitative estimate of drug-likeness (QED) is 0.907. The molecule has 24 heavy (non-hydrogen) atoms. The first-order chi connectivity index (χ1) is 11.6. The van der Waals surface area contributed by atoms with Gasteiger partial charge in [0.05, 0.1) is 5.56 Å². The van der Waals surface area contributed by atoms with Gasteiger partial charge in [-0.3, -0.25) is 9.59 Å². The molecule has 0 spiro atoms. The average molecular weight is 328 g/mol. The molecule has 3 rings (SSSR count). The van der Waals surface area contributed by atoms with Crippen LogP contribution >= 0.6 is 0 Å². The van der Waals surface area contributed by atoms with Crippen LogP contribution in [0.5, 0.6) is 11.5 Å². The summed E-state index contributed by atoms with van der Waals surface area (Å²) in [6, 6.07) is 12.2. The summed E-state index contributed by atoms with van der Waals surface area (Å²) in [6.45, 7) is 0.553. The van der Waals surface area contributed by atoms with Crippen molar-refractivity contribution in [3.8, 4) is 11.5 Å². The largest absolute Gasteiger partial charge is 0.457 e. The second kappa shape index (κ2) is 7.12. The summed E-state index contributed by atoms with van der Waals surface area (Å²) in [7, 11) is 0.